The number of nitrogens with two attached hydrogens (primary N) is 1. The first-order valence-electron chi connectivity index (χ1n) is 6.60. The van der Waals surface area contributed by atoms with Gasteiger partial charge in [-0.3, -0.25) is 0 Å². The number of hydrogen-bond donors (Lipinski definition) is 1. The van der Waals surface area contributed by atoms with E-state index in [0.29, 0.717) is 6.61 Å². The summed E-state index contributed by atoms with van der Waals surface area (Å²) in [5.41, 5.74) is 9.37. The molecule has 0 amide bonds. The molecule has 5 heteroatoms. The van der Waals surface area contributed by atoms with Gasteiger partial charge in [-0.1, -0.05) is 30.0 Å². The molecule has 0 saturated carbocycles. The van der Waals surface area contributed by atoms with E-state index in [1.807, 2.05) is 44.2 Å². The van der Waals surface area contributed by atoms with Crippen LogP contribution in [0.1, 0.15) is 23.0 Å². The first kappa shape index (κ1) is 13.4. The molecule has 3 rings (SSSR count). The maximum Gasteiger partial charge on any atom is 0.188 e. The van der Waals surface area contributed by atoms with Gasteiger partial charge in [-0.15, -0.1) is 0 Å². The molecule has 0 spiro atoms. The van der Waals surface area contributed by atoms with Gasteiger partial charge in [0.1, 0.15) is 12.4 Å². The fourth-order valence-electron chi connectivity index (χ4n) is 2.35. The fourth-order valence-corrected chi connectivity index (χ4v) is 3.45. The summed E-state index contributed by atoms with van der Waals surface area (Å²) in [6.07, 6.45) is 0. The van der Waals surface area contributed by atoms with Gasteiger partial charge in [0.15, 0.2) is 5.16 Å². The Morgan fingerprint density at radius 3 is 2.65 bits per heavy atom. The van der Waals surface area contributed by atoms with Crippen molar-refractivity contribution in [2.45, 2.75) is 30.3 Å². The molecule has 2 atom stereocenters. The van der Waals surface area contributed by atoms with Crippen molar-refractivity contribution in [2.75, 3.05) is 6.61 Å². The Hall–Kier alpha value is -1.59. The third-order valence-corrected chi connectivity index (χ3v) is 4.43. The predicted octanol–water partition coefficient (Wildman–Crippen LogP) is 2.65. The lowest BCUT2D eigenvalue weighted by atomic mass is 10.0. The normalized spacial score (nSPS) is 21.1. The number of para-hydroxylation sites is 1. The van der Waals surface area contributed by atoms with Crippen molar-refractivity contribution in [1.29, 1.82) is 0 Å². The van der Waals surface area contributed by atoms with Crippen molar-refractivity contribution in [3.63, 3.8) is 0 Å². The van der Waals surface area contributed by atoms with Gasteiger partial charge >= 0.3 is 0 Å². The lowest BCUT2D eigenvalue weighted by Gasteiger charge is -2.30. The Bertz CT molecular complexity index is 612. The minimum Gasteiger partial charge on any atom is -0.492 e. The minimum absolute atomic E-state index is 0.0608. The molecule has 0 saturated heterocycles. The number of rotatable bonds is 2. The van der Waals surface area contributed by atoms with Crippen LogP contribution in [0.2, 0.25) is 0 Å². The first-order chi connectivity index (χ1) is 9.63. The van der Waals surface area contributed by atoms with E-state index >= 15 is 0 Å². The summed E-state index contributed by atoms with van der Waals surface area (Å²) < 4.78 is 5.78. The average Bonchev–Trinajstić information content (AvgIpc) is 2.41. The highest BCUT2D eigenvalue weighted by molar-refractivity contribution is 7.99. The predicted molar refractivity (Wildman–Crippen MR) is 80.0 cm³/mol. The Morgan fingerprint density at radius 1 is 1.20 bits per heavy atom. The molecule has 2 heterocycles. The molecule has 1 aliphatic heterocycles. The summed E-state index contributed by atoms with van der Waals surface area (Å²) in [4.78, 5) is 8.92. The fraction of sp³-hybridized carbons (Fsp3) is 0.333. The maximum absolute atomic E-state index is 6.36. The summed E-state index contributed by atoms with van der Waals surface area (Å²) in [6.45, 7) is 4.54. The number of ether oxygens (including phenoxy) is 1. The molecule has 1 aliphatic rings. The molecular weight excluding hydrogens is 270 g/mol. The molecule has 20 heavy (non-hydrogen) atoms. The Labute approximate surface area is 122 Å². The Balaban J connectivity index is 1.82. The van der Waals surface area contributed by atoms with Gasteiger partial charge in [0, 0.05) is 23.0 Å². The molecule has 2 N–H and O–H groups in total. The quantitative estimate of drug-likeness (QED) is 0.860. The standard InChI is InChI=1S/C15H17N3OS/c1-9-7-10(2)18-15(17-9)20-13-8-19-12-6-4-3-5-11(12)14(13)16/h3-7,13-14H,8,16H2,1-2H3. The second-order valence-corrected chi connectivity index (χ2v) is 6.17. The van der Waals surface area contributed by atoms with Crippen molar-refractivity contribution in [3.8, 4) is 5.75 Å². The van der Waals surface area contributed by atoms with Crippen LogP contribution in [0.3, 0.4) is 0 Å². The van der Waals surface area contributed by atoms with E-state index in [2.05, 4.69) is 9.97 Å². The van der Waals surface area contributed by atoms with Gasteiger partial charge in [0.25, 0.3) is 0 Å². The number of nitrogens with zero attached hydrogens (tertiary/aromatic N) is 2. The van der Waals surface area contributed by atoms with Crippen LogP contribution in [0, 0.1) is 13.8 Å². The van der Waals surface area contributed by atoms with E-state index in [0.717, 1.165) is 27.9 Å². The van der Waals surface area contributed by atoms with Crippen molar-refractivity contribution in [2.24, 2.45) is 5.73 Å². The summed E-state index contributed by atoms with van der Waals surface area (Å²) in [5.74, 6) is 0.887. The number of thioether (sulfide) groups is 1. The maximum atomic E-state index is 6.36. The van der Waals surface area contributed by atoms with E-state index in [1.54, 1.807) is 11.8 Å². The van der Waals surface area contributed by atoms with Gasteiger partial charge in [0.05, 0.1) is 5.25 Å². The third kappa shape index (κ3) is 2.64. The monoisotopic (exact) mass is 287 g/mol. The van der Waals surface area contributed by atoms with Crippen LogP contribution in [0.25, 0.3) is 0 Å². The third-order valence-electron chi connectivity index (χ3n) is 3.30. The van der Waals surface area contributed by atoms with Gasteiger partial charge in [-0.2, -0.15) is 0 Å². The molecule has 1 aromatic carbocycles. The number of benzene rings is 1. The second kappa shape index (κ2) is 5.42. The molecule has 104 valence electrons. The molecule has 0 fully saturated rings. The van der Waals surface area contributed by atoms with E-state index in [9.17, 15) is 0 Å². The zero-order chi connectivity index (χ0) is 14.1. The summed E-state index contributed by atoms with van der Waals surface area (Å²) in [5, 5.41) is 0.900. The number of fused-ring (bicyclic) bond motifs is 1. The van der Waals surface area contributed by atoms with Crippen LogP contribution in [0.15, 0.2) is 35.5 Å². The zero-order valence-corrected chi connectivity index (χ0v) is 12.4. The number of hydrogen-bond acceptors (Lipinski definition) is 5. The highest BCUT2D eigenvalue weighted by atomic mass is 32.2. The Morgan fingerprint density at radius 2 is 1.90 bits per heavy atom. The highest BCUT2D eigenvalue weighted by Crippen LogP contribution is 2.37. The second-order valence-electron chi connectivity index (χ2n) is 4.96. The molecule has 2 aromatic rings. The van der Waals surface area contributed by atoms with Crippen LogP contribution in [0.4, 0.5) is 0 Å². The van der Waals surface area contributed by atoms with E-state index < -0.39 is 0 Å². The topological polar surface area (TPSA) is 61.0 Å². The SMILES string of the molecule is Cc1cc(C)nc(SC2COc3ccccc3C2N)n1. The molecule has 4 nitrogen and oxygen atoms in total. The largest absolute Gasteiger partial charge is 0.492 e. The minimum atomic E-state index is -0.0608. The van der Waals surface area contributed by atoms with Crippen molar-refractivity contribution < 1.29 is 4.74 Å². The van der Waals surface area contributed by atoms with Crippen molar-refractivity contribution in [3.05, 3.63) is 47.3 Å². The van der Waals surface area contributed by atoms with Crippen LogP contribution >= 0.6 is 11.8 Å². The Kier molecular flexibility index (Phi) is 3.63. The molecule has 2 unspecified atom stereocenters. The van der Waals surface area contributed by atoms with Crippen LogP contribution in [0.5, 0.6) is 5.75 Å². The number of aryl methyl sites for hydroxylation is 2. The van der Waals surface area contributed by atoms with Crippen molar-refractivity contribution in [1.82, 2.24) is 9.97 Å². The average molecular weight is 287 g/mol. The molecular formula is C15H17N3OS. The molecule has 0 bridgehead atoms. The summed E-state index contributed by atoms with van der Waals surface area (Å²) in [7, 11) is 0. The summed E-state index contributed by atoms with van der Waals surface area (Å²) in [6, 6.07) is 9.85. The smallest absolute Gasteiger partial charge is 0.188 e. The zero-order valence-electron chi connectivity index (χ0n) is 11.5. The highest BCUT2D eigenvalue weighted by Gasteiger charge is 2.29. The van der Waals surface area contributed by atoms with E-state index in [-0.39, 0.29) is 11.3 Å². The van der Waals surface area contributed by atoms with Crippen molar-refractivity contribution >= 4 is 11.8 Å². The van der Waals surface area contributed by atoms with Gasteiger partial charge in [-0.05, 0) is 26.0 Å². The van der Waals surface area contributed by atoms with E-state index in [1.165, 1.54) is 0 Å². The first-order valence-corrected chi connectivity index (χ1v) is 7.47. The molecule has 1 aromatic heterocycles. The molecule has 0 radical (unpaired) electrons. The van der Waals surface area contributed by atoms with E-state index in [4.69, 9.17) is 10.5 Å². The van der Waals surface area contributed by atoms with Gasteiger partial charge < -0.3 is 10.5 Å². The molecule has 0 aliphatic carbocycles. The van der Waals surface area contributed by atoms with Gasteiger partial charge in [-0.25, -0.2) is 9.97 Å². The number of aromatic nitrogens is 2. The lowest BCUT2D eigenvalue weighted by molar-refractivity contribution is 0.276. The van der Waals surface area contributed by atoms with Crippen LogP contribution < -0.4 is 10.5 Å². The van der Waals surface area contributed by atoms with Crippen LogP contribution in [-0.4, -0.2) is 21.8 Å². The summed E-state index contributed by atoms with van der Waals surface area (Å²) >= 11 is 1.59. The van der Waals surface area contributed by atoms with Crippen LogP contribution in [-0.2, 0) is 0 Å². The lowest BCUT2D eigenvalue weighted by Crippen LogP contribution is -2.33. The van der Waals surface area contributed by atoms with Gasteiger partial charge in [0.2, 0.25) is 0 Å².